The third kappa shape index (κ3) is 19.6. The Morgan fingerprint density at radius 3 is 1.83 bits per heavy atom. The van der Waals surface area contributed by atoms with Crippen LogP contribution in [0.15, 0.2) is 29.4 Å². The maximum Gasteiger partial charge on any atom is 0.320 e. The number of aliphatic imine (C=N–C) groups is 1. The highest BCUT2D eigenvalue weighted by atomic mass is 35.5. The van der Waals surface area contributed by atoms with E-state index >= 15 is 0 Å². The van der Waals surface area contributed by atoms with E-state index in [1.165, 1.54) is 17.4 Å². The highest BCUT2D eigenvalue weighted by Crippen LogP contribution is 2.10. The molecule has 0 aliphatic carbocycles. The second-order valence-corrected chi connectivity index (χ2v) is 9.30. The van der Waals surface area contributed by atoms with Crippen LogP contribution < -0.4 is 0 Å². The standard InChI is InChI=1S/C6H10ClNO.2C6H8ClNO.C6H10ClNO/c3*7-6(9)8-4-2-1-3-5-8;7-4-2-1-3-5-8-6-9/h1-5H2;2,4H,1,3,5H2;1-2H,3-5H2;1-5H2. The average molecular weight is 586 g/mol. The molecule has 8 nitrogen and oxygen atoms in total. The van der Waals surface area contributed by atoms with Crippen LogP contribution in [-0.2, 0) is 4.79 Å². The number of nitrogens with zero attached hydrogens (tertiary/aromatic N) is 4. The summed E-state index contributed by atoms with van der Waals surface area (Å²) in [7, 11) is 0. The molecule has 0 unspecified atom stereocenters. The lowest BCUT2D eigenvalue weighted by atomic mass is 10.1. The molecule has 0 saturated carbocycles. The van der Waals surface area contributed by atoms with E-state index in [1.807, 2.05) is 12.2 Å². The molecule has 3 rings (SSSR count). The van der Waals surface area contributed by atoms with Crippen molar-refractivity contribution in [2.24, 2.45) is 4.99 Å². The first-order valence-corrected chi connectivity index (χ1v) is 13.8. The fraction of sp³-hybridized carbons (Fsp3) is 0.667. The van der Waals surface area contributed by atoms with E-state index in [2.05, 4.69) is 11.1 Å². The van der Waals surface area contributed by atoms with Crippen LogP contribution in [-0.4, -0.2) is 82.0 Å². The summed E-state index contributed by atoms with van der Waals surface area (Å²) in [4.78, 5) is 49.1. The number of halogens is 4. The predicted octanol–water partition coefficient (Wildman–Crippen LogP) is 7.12. The molecular weight excluding hydrogens is 550 g/mol. The van der Waals surface area contributed by atoms with Crippen LogP contribution in [0, 0.1) is 0 Å². The Morgan fingerprint density at radius 2 is 1.44 bits per heavy atom. The Balaban J connectivity index is 0.000000454. The molecule has 3 aliphatic heterocycles. The van der Waals surface area contributed by atoms with Gasteiger partial charge in [-0.1, -0.05) is 24.6 Å². The van der Waals surface area contributed by atoms with Crippen LogP contribution in [0.3, 0.4) is 0 Å². The van der Waals surface area contributed by atoms with Crippen molar-refractivity contribution in [1.29, 1.82) is 0 Å². The second kappa shape index (κ2) is 23.8. The van der Waals surface area contributed by atoms with Crippen molar-refractivity contribution in [2.45, 2.75) is 57.8 Å². The first-order chi connectivity index (χ1) is 17.3. The van der Waals surface area contributed by atoms with Gasteiger partial charge in [-0.05, 0) is 86.2 Å². The number of piperidine rings is 1. The molecular formula is C24H36Cl4N4O4. The lowest BCUT2D eigenvalue weighted by molar-refractivity contribution is 0.210. The smallest absolute Gasteiger partial charge is 0.320 e. The molecule has 0 bridgehead atoms. The molecule has 0 spiro atoms. The molecule has 204 valence electrons. The van der Waals surface area contributed by atoms with Crippen molar-refractivity contribution in [2.75, 3.05) is 45.1 Å². The van der Waals surface area contributed by atoms with Crippen molar-refractivity contribution in [1.82, 2.24) is 14.7 Å². The Labute approximate surface area is 234 Å². The summed E-state index contributed by atoms with van der Waals surface area (Å²) in [6.45, 7) is 4.49. The van der Waals surface area contributed by atoms with E-state index in [0.29, 0.717) is 19.0 Å². The predicted molar refractivity (Wildman–Crippen MR) is 147 cm³/mol. The van der Waals surface area contributed by atoms with E-state index in [1.54, 1.807) is 16.0 Å². The van der Waals surface area contributed by atoms with Gasteiger partial charge in [0, 0.05) is 44.8 Å². The Hall–Kier alpha value is -1.57. The Morgan fingerprint density at radius 1 is 0.750 bits per heavy atom. The monoisotopic (exact) mass is 584 g/mol. The van der Waals surface area contributed by atoms with Gasteiger partial charge in [-0.3, -0.25) is 14.4 Å². The minimum absolute atomic E-state index is 0.297. The first-order valence-electron chi connectivity index (χ1n) is 12.1. The molecule has 3 heterocycles. The SMILES string of the molecule is O=C(Cl)N1C=CCCC1.O=C(Cl)N1CC=CCC1.O=C(Cl)N1CCCCC1.O=C=NCCCCCCl. The molecule has 1 saturated heterocycles. The van der Waals surface area contributed by atoms with Crippen molar-refractivity contribution >= 4 is 68.6 Å². The van der Waals surface area contributed by atoms with Gasteiger partial charge in [-0.15, -0.1) is 11.6 Å². The van der Waals surface area contributed by atoms with E-state index in [-0.39, 0.29) is 16.1 Å². The van der Waals surface area contributed by atoms with Crippen molar-refractivity contribution in [3.05, 3.63) is 24.4 Å². The maximum absolute atomic E-state index is 10.5. The lowest BCUT2D eigenvalue weighted by Gasteiger charge is -2.23. The number of alkyl halides is 1. The zero-order valence-electron chi connectivity index (χ0n) is 20.6. The summed E-state index contributed by atoms with van der Waals surface area (Å²) < 4.78 is 0. The van der Waals surface area contributed by atoms with Crippen LogP contribution in [0.5, 0.6) is 0 Å². The van der Waals surface area contributed by atoms with E-state index in [0.717, 1.165) is 77.5 Å². The molecule has 0 radical (unpaired) electrons. The lowest BCUT2D eigenvalue weighted by Crippen LogP contribution is -2.31. The fourth-order valence-electron chi connectivity index (χ4n) is 3.18. The topological polar surface area (TPSA) is 90.4 Å². The number of unbranched alkanes of at least 4 members (excludes halogenated alkanes) is 2. The number of hydrogen-bond acceptors (Lipinski definition) is 5. The van der Waals surface area contributed by atoms with Gasteiger partial charge in [-0.25, -0.2) is 9.79 Å². The minimum Gasteiger partial charge on any atom is -0.329 e. The summed E-state index contributed by atoms with van der Waals surface area (Å²) in [6, 6.07) is 0. The molecule has 0 atom stereocenters. The highest BCUT2D eigenvalue weighted by molar-refractivity contribution is 6.63. The van der Waals surface area contributed by atoms with Gasteiger partial charge >= 0.3 is 16.1 Å². The summed E-state index contributed by atoms with van der Waals surface area (Å²) in [5.74, 6) is 0.699. The number of rotatable bonds is 5. The minimum atomic E-state index is -0.383. The van der Waals surface area contributed by atoms with Crippen LogP contribution in [0.4, 0.5) is 14.4 Å². The van der Waals surface area contributed by atoms with Crippen LogP contribution in [0.2, 0.25) is 0 Å². The first kappa shape index (κ1) is 34.4. The normalized spacial score (nSPS) is 16.2. The molecule has 0 aromatic carbocycles. The number of hydrogen-bond donors (Lipinski definition) is 0. The fourth-order valence-corrected chi connectivity index (χ4v) is 3.83. The number of carbonyl (C=O) groups is 3. The van der Waals surface area contributed by atoms with Gasteiger partial charge < -0.3 is 14.7 Å². The molecule has 1 fully saturated rings. The highest BCUT2D eigenvalue weighted by Gasteiger charge is 2.13. The quantitative estimate of drug-likeness (QED) is 0.0653. The van der Waals surface area contributed by atoms with Gasteiger partial charge in [0.2, 0.25) is 6.08 Å². The van der Waals surface area contributed by atoms with Crippen LogP contribution in [0.1, 0.15) is 57.8 Å². The molecule has 0 aromatic heterocycles. The van der Waals surface area contributed by atoms with Crippen molar-refractivity contribution < 1.29 is 19.2 Å². The van der Waals surface area contributed by atoms with Crippen LogP contribution in [0.25, 0.3) is 0 Å². The molecule has 3 amide bonds. The van der Waals surface area contributed by atoms with Gasteiger partial charge in [-0.2, -0.15) is 0 Å². The number of likely N-dealkylation sites (tertiary alicyclic amines) is 1. The second-order valence-electron chi connectivity index (χ2n) is 7.96. The van der Waals surface area contributed by atoms with Gasteiger partial charge in [0.05, 0.1) is 6.54 Å². The Kier molecular flexibility index (Phi) is 22.8. The summed E-state index contributed by atoms with van der Waals surface area (Å²) in [6.07, 6.45) is 18.6. The third-order valence-electron chi connectivity index (χ3n) is 5.16. The summed E-state index contributed by atoms with van der Waals surface area (Å²) in [5, 5.41) is -1.03. The number of isocyanates is 1. The number of carbonyl (C=O) groups excluding carboxylic acids is 4. The zero-order valence-corrected chi connectivity index (χ0v) is 23.6. The Bertz CT molecular complexity index is 740. The van der Waals surface area contributed by atoms with E-state index in [4.69, 9.17) is 46.4 Å². The van der Waals surface area contributed by atoms with E-state index < -0.39 is 0 Å². The van der Waals surface area contributed by atoms with Gasteiger partial charge in [0.25, 0.3) is 0 Å². The molecule has 12 heteroatoms. The molecule has 36 heavy (non-hydrogen) atoms. The van der Waals surface area contributed by atoms with Crippen LogP contribution >= 0.6 is 46.4 Å². The largest absolute Gasteiger partial charge is 0.329 e. The van der Waals surface area contributed by atoms with Crippen molar-refractivity contribution in [3.8, 4) is 0 Å². The molecule has 3 aliphatic rings. The van der Waals surface area contributed by atoms with Crippen molar-refractivity contribution in [3.63, 3.8) is 0 Å². The summed E-state index contributed by atoms with van der Waals surface area (Å²) in [5.41, 5.74) is 0. The van der Waals surface area contributed by atoms with E-state index in [9.17, 15) is 19.2 Å². The number of amides is 3. The molecule has 0 N–H and O–H groups in total. The average Bonchev–Trinajstić information content (AvgIpc) is 2.91. The summed E-state index contributed by atoms with van der Waals surface area (Å²) >= 11 is 21.1. The third-order valence-corrected chi connectivity index (χ3v) is 6.12. The molecule has 0 aromatic rings. The zero-order chi connectivity index (χ0) is 27.0. The van der Waals surface area contributed by atoms with Gasteiger partial charge in [0.1, 0.15) is 0 Å². The van der Waals surface area contributed by atoms with Gasteiger partial charge in [0.15, 0.2) is 0 Å². The number of allylic oxidation sites excluding steroid dienone is 1. The maximum atomic E-state index is 10.5.